The summed E-state index contributed by atoms with van der Waals surface area (Å²) in [6, 6.07) is 0. The highest BCUT2D eigenvalue weighted by Gasteiger charge is 2.30. The molecular formula is C71H138O17P2. The van der Waals surface area contributed by atoms with Crippen LogP contribution in [0.5, 0.6) is 0 Å². The number of esters is 4. The summed E-state index contributed by atoms with van der Waals surface area (Å²) in [7, 11) is -9.90. The van der Waals surface area contributed by atoms with Crippen molar-refractivity contribution >= 4 is 39.5 Å². The molecule has 5 unspecified atom stereocenters. The topological polar surface area (TPSA) is 237 Å². The largest absolute Gasteiger partial charge is 0.472 e. The number of carbonyl (C=O) groups is 4. The van der Waals surface area contributed by atoms with E-state index in [9.17, 15) is 43.2 Å². The molecule has 0 fully saturated rings. The smallest absolute Gasteiger partial charge is 0.462 e. The number of hydrogen-bond acceptors (Lipinski definition) is 15. The van der Waals surface area contributed by atoms with Crippen LogP contribution in [-0.4, -0.2) is 96.7 Å². The van der Waals surface area contributed by atoms with Gasteiger partial charge < -0.3 is 33.8 Å². The van der Waals surface area contributed by atoms with Gasteiger partial charge in [0.25, 0.3) is 0 Å². The zero-order chi connectivity index (χ0) is 66.8. The molecule has 0 spiro atoms. The van der Waals surface area contributed by atoms with Crippen LogP contribution < -0.4 is 0 Å². The van der Waals surface area contributed by atoms with E-state index in [1.807, 2.05) is 0 Å². The van der Waals surface area contributed by atoms with Crippen molar-refractivity contribution in [2.24, 2.45) is 23.7 Å². The van der Waals surface area contributed by atoms with E-state index >= 15 is 0 Å². The molecule has 0 radical (unpaired) electrons. The van der Waals surface area contributed by atoms with Gasteiger partial charge in [-0.25, -0.2) is 9.13 Å². The Morgan fingerprint density at radius 3 is 0.789 bits per heavy atom. The molecule has 0 rings (SSSR count). The predicted octanol–water partition coefficient (Wildman–Crippen LogP) is 20.1. The van der Waals surface area contributed by atoms with Crippen LogP contribution in [-0.2, 0) is 65.4 Å². The van der Waals surface area contributed by atoms with Crippen LogP contribution in [0.1, 0.15) is 351 Å². The summed E-state index contributed by atoms with van der Waals surface area (Å²) in [5.41, 5.74) is 0. The molecule has 0 aliphatic rings. The number of carbonyl (C=O) groups excluding carboxylic acids is 4. The standard InChI is InChI=1S/C71H138O17P2/c1-9-62(6)48-40-32-24-21-22-26-37-45-53-70(75)87-66(58-82-69(74)52-44-36-29-27-33-41-49-63(7)10-2)59-85-89(77,78)83-55-65(72)56-84-90(79,80)86-60-67(88-71(76)54-46-38-30-28-34-42-50-64(8)11-3)57-81-68(73)51-43-35-25-20-18-16-14-12-13-15-17-19-23-31-39-47-61(4)5/h61-67,72H,9-60H2,1-8H3,(H,77,78)(H,79,80)/t62?,63?,64?,65-,66+,67+/m0/s1. The minimum atomic E-state index is -4.95. The van der Waals surface area contributed by atoms with E-state index in [-0.39, 0.29) is 25.7 Å². The molecule has 8 atom stereocenters. The highest BCUT2D eigenvalue weighted by atomic mass is 31.2. The monoisotopic (exact) mass is 1320 g/mol. The molecular weight excluding hydrogens is 1190 g/mol. The lowest BCUT2D eigenvalue weighted by Gasteiger charge is -2.21. The van der Waals surface area contributed by atoms with Crippen molar-refractivity contribution < 1.29 is 80.2 Å². The van der Waals surface area contributed by atoms with Gasteiger partial charge in [-0.1, -0.05) is 299 Å². The van der Waals surface area contributed by atoms with Crippen molar-refractivity contribution in [3.63, 3.8) is 0 Å². The second-order valence-corrected chi connectivity index (χ2v) is 29.7. The number of rotatable bonds is 68. The van der Waals surface area contributed by atoms with Crippen LogP contribution >= 0.6 is 15.6 Å². The van der Waals surface area contributed by atoms with Gasteiger partial charge in [0.1, 0.15) is 19.3 Å². The molecule has 0 amide bonds. The second-order valence-electron chi connectivity index (χ2n) is 26.8. The van der Waals surface area contributed by atoms with E-state index in [2.05, 4.69) is 55.4 Å². The summed E-state index contributed by atoms with van der Waals surface area (Å²) < 4.78 is 68.3. The lowest BCUT2D eigenvalue weighted by Crippen LogP contribution is -2.30. The van der Waals surface area contributed by atoms with Gasteiger partial charge in [-0.3, -0.25) is 37.3 Å². The van der Waals surface area contributed by atoms with E-state index in [4.69, 9.17) is 37.0 Å². The number of aliphatic hydroxyl groups excluding tert-OH is 1. The Hall–Kier alpha value is -1.94. The summed E-state index contributed by atoms with van der Waals surface area (Å²) in [5, 5.41) is 10.6. The number of aliphatic hydroxyl groups is 1. The SMILES string of the molecule is CCC(C)CCCCCCCCCCC(=O)O[C@H](COC(=O)CCCCCCCCC(C)CC)COP(=O)(O)OC[C@H](O)COP(=O)(O)OC[C@@H](COC(=O)CCCCCCCCCCCCCCCCCC(C)C)OC(=O)CCCCCCCCC(C)CC. The molecule has 0 bridgehead atoms. The first-order chi connectivity index (χ1) is 43.2. The summed E-state index contributed by atoms with van der Waals surface area (Å²) in [4.78, 5) is 72.5. The second kappa shape index (κ2) is 60.7. The van der Waals surface area contributed by atoms with Crippen LogP contribution in [0, 0.1) is 23.7 Å². The fourth-order valence-corrected chi connectivity index (χ4v) is 12.1. The van der Waals surface area contributed by atoms with Crippen LogP contribution in [0.2, 0.25) is 0 Å². The molecule has 19 heteroatoms. The zero-order valence-corrected chi connectivity index (χ0v) is 60.6. The molecule has 90 heavy (non-hydrogen) atoms. The van der Waals surface area contributed by atoms with Gasteiger partial charge in [-0.05, 0) is 49.4 Å². The molecule has 0 aromatic rings. The molecule has 0 aromatic heterocycles. The minimum absolute atomic E-state index is 0.103. The lowest BCUT2D eigenvalue weighted by atomic mass is 9.99. The van der Waals surface area contributed by atoms with E-state index < -0.39 is 97.5 Å². The lowest BCUT2D eigenvalue weighted by molar-refractivity contribution is -0.161. The maximum absolute atomic E-state index is 13.0. The fraction of sp³-hybridized carbons (Fsp3) is 0.944. The predicted molar refractivity (Wildman–Crippen MR) is 363 cm³/mol. The summed E-state index contributed by atoms with van der Waals surface area (Å²) in [6.45, 7) is 14.1. The van der Waals surface area contributed by atoms with Crippen molar-refractivity contribution in [3.8, 4) is 0 Å². The fourth-order valence-electron chi connectivity index (χ4n) is 10.6. The molecule has 0 aromatic carbocycles. The number of unbranched alkanes of at least 4 members (excludes halogenated alkanes) is 31. The van der Waals surface area contributed by atoms with Crippen LogP contribution in [0.4, 0.5) is 0 Å². The van der Waals surface area contributed by atoms with Gasteiger partial charge in [0.15, 0.2) is 12.2 Å². The number of ether oxygens (including phenoxy) is 4. The minimum Gasteiger partial charge on any atom is -0.462 e. The average molecular weight is 1330 g/mol. The summed E-state index contributed by atoms with van der Waals surface area (Å²) in [6.07, 6.45) is 43.1. The maximum Gasteiger partial charge on any atom is 0.472 e. The van der Waals surface area contributed by atoms with Crippen molar-refractivity contribution in [1.82, 2.24) is 0 Å². The van der Waals surface area contributed by atoms with E-state index in [0.717, 1.165) is 120 Å². The maximum atomic E-state index is 13.0. The third-order valence-electron chi connectivity index (χ3n) is 17.4. The highest BCUT2D eigenvalue weighted by molar-refractivity contribution is 7.47. The molecule has 0 saturated heterocycles. The molecule has 0 aliphatic heterocycles. The Kier molecular flexibility index (Phi) is 59.4. The average Bonchev–Trinajstić information content (AvgIpc) is 2.92. The van der Waals surface area contributed by atoms with Crippen molar-refractivity contribution in [2.75, 3.05) is 39.6 Å². The van der Waals surface area contributed by atoms with Crippen LogP contribution in [0.15, 0.2) is 0 Å². The Bertz CT molecular complexity index is 1790. The van der Waals surface area contributed by atoms with E-state index in [0.29, 0.717) is 25.7 Å². The highest BCUT2D eigenvalue weighted by Crippen LogP contribution is 2.45. The number of phosphoric acid groups is 2. The van der Waals surface area contributed by atoms with Gasteiger partial charge in [-0.15, -0.1) is 0 Å². The summed E-state index contributed by atoms with van der Waals surface area (Å²) >= 11 is 0. The van der Waals surface area contributed by atoms with Gasteiger partial charge in [0.05, 0.1) is 26.4 Å². The first-order valence-electron chi connectivity index (χ1n) is 36.8. The van der Waals surface area contributed by atoms with Gasteiger partial charge >= 0.3 is 39.5 Å². The molecule has 0 aliphatic carbocycles. The van der Waals surface area contributed by atoms with Crippen LogP contribution in [0.3, 0.4) is 0 Å². The van der Waals surface area contributed by atoms with Gasteiger partial charge in [0.2, 0.25) is 0 Å². The third-order valence-corrected chi connectivity index (χ3v) is 19.3. The molecule has 0 heterocycles. The normalized spacial score (nSPS) is 15.2. The van der Waals surface area contributed by atoms with Gasteiger partial charge in [0, 0.05) is 25.7 Å². The Morgan fingerprint density at radius 1 is 0.311 bits per heavy atom. The first-order valence-corrected chi connectivity index (χ1v) is 39.8. The summed E-state index contributed by atoms with van der Waals surface area (Å²) in [5.74, 6) is 0.894. The molecule has 0 saturated carbocycles. The third kappa shape index (κ3) is 61.0. The van der Waals surface area contributed by atoms with Gasteiger partial charge in [-0.2, -0.15) is 0 Å². The Labute approximate surface area is 549 Å². The van der Waals surface area contributed by atoms with Crippen molar-refractivity contribution in [1.29, 1.82) is 0 Å². The molecule has 534 valence electrons. The van der Waals surface area contributed by atoms with Crippen molar-refractivity contribution in [2.45, 2.75) is 369 Å². The number of hydrogen-bond donors (Lipinski definition) is 3. The number of phosphoric ester groups is 2. The Balaban J connectivity index is 5.20. The quantitative estimate of drug-likeness (QED) is 0.0222. The first kappa shape index (κ1) is 88.1. The van der Waals surface area contributed by atoms with Crippen LogP contribution in [0.25, 0.3) is 0 Å². The van der Waals surface area contributed by atoms with E-state index in [1.165, 1.54) is 148 Å². The Morgan fingerprint density at radius 2 is 0.533 bits per heavy atom. The molecule has 17 nitrogen and oxygen atoms in total. The van der Waals surface area contributed by atoms with Crippen molar-refractivity contribution in [3.05, 3.63) is 0 Å². The van der Waals surface area contributed by atoms with E-state index in [1.54, 1.807) is 0 Å². The molecule has 3 N–H and O–H groups in total. The zero-order valence-electron chi connectivity index (χ0n) is 58.8.